The summed E-state index contributed by atoms with van der Waals surface area (Å²) in [7, 11) is 1.87. The van der Waals surface area contributed by atoms with Crippen LogP contribution in [-0.4, -0.2) is 30.4 Å². The number of nitrogens with zero attached hydrogens (tertiary/aromatic N) is 1. The van der Waals surface area contributed by atoms with Gasteiger partial charge in [-0.25, -0.2) is 0 Å². The molecule has 3 nitrogen and oxygen atoms in total. The van der Waals surface area contributed by atoms with Crippen LogP contribution < -0.4 is 5.32 Å². The van der Waals surface area contributed by atoms with Crippen LogP contribution in [-0.2, 0) is 4.79 Å². The minimum atomic E-state index is -0.0274. The summed E-state index contributed by atoms with van der Waals surface area (Å²) >= 11 is 6.01. The maximum Gasteiger partial charge on any atom is 0.239 e. The zero-order valence-corrected chi connectivity index (χ0v) is 12.3. The van der Waals surface area contributed by atoms with E-state index in [1.165, 1.54) is 0 Å². The summed E-state index contributed by atoms with van der Waals surface area (Å²) in [5.74, 6) is 0.173. The minimum Gasteiger partial charge on any atom is -0.338 e. The second kappa shape index (κ2) is 6.40. The Balaban J connectivity index is 2.05. The fraction of sp³-hybridized carbons (Fsp3) is 0.533. The van der Waals surface area contributed by atoms with Crippen molar-refractivity contribution in [2.75, 3.05) is 13.6 Å². The number of piperidine rings is 1. The Hall–Kier alpha value is -1.06. The van der Waals surface area contributed by atoms with Gasteiger partial charge in [-0.2, -0.15) is 0 Å². The van der Waals surface area contributed by atoms with Gasteiger partial charge in [-0.1, -0.05) is 30.2 Å². The first-order valence-electron chi connectivity index (χ1n) is 6.85. The predicted octanol–water partition coefficient (Wildman–Crippen LogP) is 3.00. The Morgan fingerprint density at radius 1 is 1.47 bits per heavy atom. The first-order valence-corrected chi connectivity index (χ1v) is 7.23. The fourth-order valence-electron chi connectivity index (χ4n) is 2.49. The number of hydrogen-bond acceptors (Lipinski definition) is 2. The third kappa shape index (κ3) is 3.48. The van der Waals surface area contributed by atoms with E-state index in [4.69, 9.17) is 11.6 Å². The van der Waals surface area contributed by atoms with Gasteiger partial charge in [0, 0.05) is 12.1 Å². The van der Waals surface area contributed by atoms with Crippen molar-refractivity contribution in [1.29, 1.82) is 0 Å². The molecule has 1 aliphatic rings. The van der Waals surface area contributed by atoms with Gasteiger partial charge in [0.05, 0.1) is 12.1 Å². The monoisotopic (exact) mass is 280 g/mol. The molecule has 0 spiro atoms. The lowest BCUT2D eigenvalue weighted by atomic mass is 10.0. The van der Waals surface area contributed by atoms with Crippen LogP contribution in [0.4, 0.5) is 0 Å². The number of carbonyl (C=O) groups excluding carboxylic acids is 1. The molecule has 1 amide bonds. The summed E-state index contributed by atoms with van der Waals surface area (Å²) in [6.45, 7) is 2.97. The number of benzene rings is 1. The molecule has 2 rings (SSSR count). The van der Waals surface area contributed by atoms with Crippen molar-refractivity contribution in [2.45, 2.75) is 38.3 Å². The normalized spacial score (nSPS) is 20.9. The summed E-state index contributed by atoms with van der Waals surface area (Å²) < 4.78 is 0. The molecule has 1 aliphatic heterocycles. The highest BCUT2D eigenvalue weighted by Crippen LogP contribution is 2.23. The molecule has 1 aromatic rings. The Labute approximate surface area is 119 Å². The third-order valence-electron chi connectivity index (χ3n) is 3.87. The van der Waals surface area contributed by atoms with E-state index in [1.54, 1.807) is 0 Å². The molecule has 1 saturated heterocycles. The zero-order chi connectivity index (χ0) is 13.8. The number of hydrogen-bond donors (Lipinski definition) is 1. The van der Waals surface area contributed by atoms with Gasteiger partial charge in [-0.15, -0.1) is 0 Å². The molecule has 1 N–H and O–H groups in total. The molecule has 0 saturated carbocycles. The quantitative estimate of drug-likeness (QED) is 0.923. The van der Waals surface area contributed by atoms with Crippen molar-refractivity contribution in [3.63, 3.8) is 0 Å². The van der Waals surface area contributed by atoms with Gasteiger partial charge in [-0.3, -0.25) is 4.79 Å². The second-order valence-corrected chi connectivity index (χ2v) is 5.62. The lowest BCUT2D eigenvalue weighted by Gasteiger charge is -2.31. The topological polar surface area (TPSA) is 32.3 Å². The van der Waals surface area contributed by atoms with Crippen LogP contribution >= 0.6 is 11.6 Å². The maximum atomic E-state index is 12.4. The standard InChI is InChI=1S/C15H21ClN2O/c1-11(12-6-5-7-13(16)10-12)18(2)15(19)14-8-3-4-9-17-14/h5-7,10-11,14,17H,3-4,8-9H2,1-2H3/t11?,14-/m0/s1. The number of nitrogens with one attached hydrogen (secondary N) is 1. The van der Waals surface area contributed by atoms with Gasteiger partial charge in [0.25, 0.3) is 0 Å². The molecule has 1 fully saturated rings. The lowest BCUT2D eigenvalue weighted by molar-refractivity contribution is -0.134. The molecular formula is C15H21ClN2O. The first kappa shape index (κ1) is 14.4. The molecule has 1 unspecified atom stereocenters. The van der Waals surface area contributed by atoms with Crippen LogP contribution in [0.2, 0.25) is 5.02 Å². The van der Waals surface area contributed by atoms with Crippen molar-refractivity contribution in [3.05, 3.63) is 34.9 Å². The zero-order valence-electron chi connectivity index (χ0n) is 11.5. The molecule has 0 radical (unpaired) electrons. The highest BCUT2D eigenvalue weighted by Gasteiger charge is 2.26. The molecule has 0 bridgehead atoms. The highest BCUT2D eigenvalue weighted by molar-refractivity contribution is 6.30. The van der Waals surface area contributed by atoms with Crippen molar-refractivity contribution in [3.8, 4) is 0 Å². The Morgan fingerprint density at radius 2 is 2.26 bits per heavy atom. The smallest absolute Gasteiger partial charge is 0.239 e. The Morgan fingerprint density at radius 3 is 2.89 bits per heavy atom. The van der Waals surface area contributed by atoms with Gasteiger partial charge in [0.2, 0.25) is 5.91 Å². The lowest BCUT2D eigenvalue weighted by Crippen LogP contribution is -2.47. The van der Waals surface area contributed by atoms with Crippen LogP contribution in [0, 0.1) is 0 Å². The molecule has 0 aliphatic carbocycles. The van der Waals surface area contributed by atoms with E-state index in [0.29, 0.717) is 5.02 Å². The van der Waals surface area contributed by atoms with Gasteiger partial charge in [0.15, 0.2) is 0 Å². The summed E-state index contributed by atoms with van der Waals surface area (Å²) in [4.78, 5) is 14.2. The van der Waals surface area contributed by atoms with Crippen molar-refractivity contribution in [1.82, 2.24) is 10.2 Å². The van der Waals surface area contributed by atoms with Gasteiger partial charge in [-0.05, 0) is 44.0 Å². The molecule has 2 atom stereocenters. The molecule has 0 aromatic heterocycles. The summed E-state index contributed by atoms with van der Waals surface area (Å²) in [6, 6.07) is 7.71. The number of amides is 1. The van der Waals surface area contributed by atoms with Crippen LogP contribution in [0.15, 0.2) is 24.3 Å². The van der Waals surface area contributed by atoms with E-state index in [1.807, 2.05) is 43.1 Å². The van der Waals surface area contributed by atoms with Crippen LogP contribution in [0.3, 0.4) is 0 Å². The molecule has 104 valence electrons. The predicted molar refractivity (Wildman–Crippen MR) is 78.3 cm³/mol. The van der Waals surface area contributed by atoms with E-state index in [0.717, 1.165) is 31.4 Å². The third-order valence-corrected chi connectivity index (χ3v) is 4.10. The van der Waals surface area contributed by atoms with Crippen LogP contribution in [0.1, 0.15) is 37.8 Å². The number of rotatable bonds is 3. The number of likely N-dealkylation sites (N-methyl/N-ethyl adjacent to an activating group) is 1. The van der Waals surface area contributed by atoms with Gasteiger partial charge < -0.3 is 10.2 Å². The summed E-state index contributed by atoms with van der Waals surface area (Å²) in [5.41, 5.74) is 1.07. The fourth-order valence-corrected chi connectivity index (χ4v) is 2.69. The highest BCUT2D eigenvalue weighted by atomic mass is 35.5. The van der Waals surface area contributed by atoms with E-state index in [2.05, 4.69) is 5.32 Å². The number of halogens is 1. The SMILES string of the molecule is CC(c1cccc(Cl)c1)N(C)C(=O)[C@@H]1CCCCN1. The minimum absolute atomic E-state index is 0.0274. The molecule has 1 aromatic carbocycles. The molecular weight excluding hydrogens is 260 g/mol. The average Bonchev–Trinajstić information content (AvgIpc) is 2.46. The van der Waals surface area contributed by atoms with Crippen LogP contribution in [0.25, 0.3) is 0 Å². The molecule has 19 heavy (non-hydrogen) atoms. The van der Waals surface area contributed by atoms with E-state index in [-0.39, 0.29) is 18.0 Å². The Bertz CT molecular complexity index is 444. The molecule has 1 heterocycles. The van der Waals surface area contributed by atoms with Crippen molar-refractivity contribution >= 4 is 17.5 Å². The van der Waals surface area contributed by atoms with Crippen molar-refractivity contribution in [2.24, 2.45) is 0 Å². The largest absolute Gasteiger partial charge is 0.338 e. The summed E-state index contributed by atoms with van der Waals surface area (Å²) in [5, 5.41) is 4.01. The number of carbonyl (C=O) groups is 1. The second-order valence-electron chi connectivity index (χ2n) is 5.18. The van der Waals surface area contributed by atoms with E-state index >= 15 is 0 Å². The first-order chi connectivity index (χ1) is 9.09. The van der Waals surface area contributed by atoms with Crippen molar-refractivity contribution < 1.29 is 4.79 Å². The molecule has 4 heteroatoms. The average molecular weight is 281 g/mol. The summed E-state index contributed by atoms with van der Waals surface area (Å²) in [6.07, 6.45) is 3.23. The Kier molecular flexibility index (Phi) is 4.83. The van der Waals surface area contributed by atoms with Crippen LogP contribution in [0.5, 0.6) is 0 Å². The maximum absolute atomic E-state index is 12.4. The van der Waals surface area contributed by atoms with E-state index < -0.39 is 0 Å². The van der Waals surface area contributed by atoms with E-state index in [9.17, 15) is 4.79 Å². The van der Waals surface area contributed by atoms with Gasteiger partial charge in [0.1, 0.15) is 0 Å². The van der Waals surface area contributed by atoms with Gasteiger partial charge >= 0.3 is 0 Å².